The van der Waals surface area contributed by atoms with Gasteiger partial charge in [-0.25, -0.2) is 4.79 Å². The Balaban J connectivity index is 1.87. The highest BCUT2D eigenvalue weighted by molar-refractivity contribution is 6.31. The number of anilines is 1. The number of nitrogens with one attached hydrogen (secondary N) is 1. The van der Waals surface area contributed by atoms with Gasteiger partial charge < -0.3 is 14.3 Å². The summed E-state index contributed by atoms with van der Waals surface area (Å²) in [5.41, 5.74) is 1.63. The van der Waals surface area contributed by atoms with Crippen molar-refractivity contribution in [2.75, 3.05) is 5.32 Å². The van der Waals surface area contributed by atoms with Gasteiger partial charge in [-0.2, -0.15) is 0 Å². The van der Waals surface area contributed by atoms with Crippen LogP contribution < -0.4 is 10.9 Å². The van der Waals surface area contributed by atoms with Crippen LogP contribution in [0.1, 0.15) is 10.5 Å². The Bertz CT molecular complexity index is 1190. The summed E-state index contributed by atoms with van der Waals surface area (Å²) in [6, 6.07) is 15.7. The van der Waals surface area contributed by atoms with Gasteiger partial charge in [0.1, 0.15) is 11.3 Å². The smallest absolute Gasteiger partial charge is 0.345 e. The lowest BCUT2D eigenvalue weighted by molar-refractivity contribution is 0.102. The van der Waals surface area contributed by atoms with Crippen molar-refractivity contribution in [3.05, 3.63) is 75.7 Å². The first-order valence-electron chi connectivity index (χ1n) is 7.63. The minimum Gasteiger partial charge on any atom is -0.422 e. The molecule has 0 spiro atoms. The molecule has 124 valence electrons. The van der Waals surface area contributed by atoms with E-state index in [9.17, 15) is 9.59 Å². The first kappa shape index (κ1) is 15.5. The zero-order chi connectivity index (χ0) is 17.6. The Kier molecular flexibility index (Phi) is 3.58. The van der Waals surface area contributed by atoms with Gasteiger partial charge in [0.05, 0.1) is 10.9 Å². The predicted octanol–water partition coefficient (Wildman–Crippen LogP) is 4.19. The first-order chi connectivity index (χ1) is 12.0. The molecule has 0 atom stereocenters. The minimum absolute atomic E-state index is 0.329. The second kappa shape index (κ2) is 5.79. The Hall–Kier alpha value is -3.05. The Labute approximate surface area is 147 Å². The van der Waals surface area contributed by atoms with E-state index in [4.69, 9.17) is 16.0 Å². The molecule has 5 nitrogen and oxygen atoms in total. The van der Waals surface area contributed by atoms with Gasteiger partial charge in [-0.05, 0) is 36.4 Å². The van der Waals surface area contributed by atoms with Gasteiger partial charge >= 0.3 is 5.63 Å². The lowest BCUT2D eigenvalue weighted by Gasteiger charge is -2.07. The number of aryl methyl sites for hydroxylation is 1. The molecule has 0 unspecified atom stereocenters. The van der Waals surface area contributed by atoms with Crippen LogP contribution in [0.4, 0.5) is 5.69 Å². The number of hydrogen-bond acceptors (Lipinski definition) is 3. The number of carbonyl (C=O) groups excluding carboxylic acids is 1. The van der Waals surface area contributed by atoms with Crippen LogP contribution in [0.25, 0.3) is 21.9 Å². The van der Waals surface area contributed by atoms with Gasteiger partial charge in [-0.3, -0.25) is 4.79 Å². The number of hydrogen-bond donors (Lipinski definition) is 1. The highest BCUT2D eigenvalue weighted by Gasteiger charge is 2.18. The number of nitrogens with zero attached hydrogens (tertiary/aromatic N) is 1. The van der Waals surface area contributed by atoms with Crippen LogP contribution >= 0.6 is 11.6 Å². The van der Waals surface area contributed by atoms with E-state index in [1.807, 2.05) is 12.1 Å². The molecule has 0 saturated heterocycles. The molecule has 2 aromatic carbocycles. The zero-order valence-corrected chi connectivity index (χ0v) is 14.0. The average molecular weight is 353 g/mol. The van der Waals surface area contributed by atoms with Gasteiger partial charge in [-0.15, -0.1) is 0 Å². The fourth-order valence-electron chi connectivity index (χ4n) is 2.97. The van der Waals surface area contributed by atoms with Crippen LogP contribution in [-0.2, 0) is 7.05 Å². The molecule has 2 heterocycles. The van der Waals surface area contributed by atoms with E-state index in [0.717, 1.165) is 5.39 Å². The Morgan fingerprint density at radius 3 is 2.68 bits per heavy atom. The summed E-state index contributed by atoms with van der Waals surface area (Å²) >= 11 is 5.95. The first-order valence-corrected chi connectivity index (χ1v) is 8.00. The fraction of sp³-hybridized carbons (Fsp3) is 0.0526. The molecule has 6 heteroatoms. The highest BCUT2D eigenvalue weighted by atomic mass is 35.5. The number of aromatic nitrogens is 1. The number of amides is 1. The summed E-state index contributed by atoms with van der Waals surface area (Å²) in [7, 11) is 1.75. The Morgan fingerprint density at radius 1 is 1.08 bits per heavy atom. The van der Waals surface area contributed by atoms with Crippen LogP contribution in [-0.4, -0.2) is 10.5 Å². The SMILES string of the molecule is Cn1c(C(=O)Nc2cccc(Cl)c2)cc2c(=O)oc3ccccc3c21. The van der Waals surface area contributed by atoms with Crippen molar-refractivity contribution in [3.8, 4) is 0 Å². The standard InChI is InChI=1S/C19H13ClN2O3/c1-22-15(18(23)21-12-6-4-5-11(20)9-12)10-14-17(22)13-7-2-3-8-16(13)25-19(14)24/h2-10H,1H3,(H,21,23). The Morgan fingerprint density at radius 2 is 1.88 bits per heavy atom. The molecular formula is C19H13ClN2O3. The van der Waals surface area contributed by atoms with Crippen LogP contribution in [0.3, 0.4) is 0 Å². The van der Waals surface area contributed by atoms with E-state index in [-0.39, 0.29) is 5.91 Å². The van der Waals surface area contributed by atoms with Crippen LogP contribution in [0.2, 0.25) is 5.02 Å². The summed E-state index contributed by atoms with van der Waals surface area (Å²) in [6.45, 7) is 0. The minimum atomic E-state index is -0.467. The molecule has 0 aliphatic rings. The molecular weight excluding hydrogens is 340 g/mol. The predicted molar refractivity (Wildman–Crippen MR) is 98.4 cm³/mol. The van der Waals surface area contributed by atoms with Crippen molar-refractivity contribution in [1.82, 2.24) is 4.57 Å². The lowest BCUT2D eigenvalue weighted by Crippen LogP contribution is -2.15. The molecule has 4 aromatic rings. The van der Waals surface area contributed by atoms with Gasteiger partial charge in [0.2, 0.25) is 0 Å². The number of para-hydroxylation sites is 1. The molecule has 0 aliphatic heterocycles. The van der Waals surface area contributed by atoms with Crippen molar-refractivity contribution in [2.24, 2.45) is 7.05 Å². The van der Waals surface area contributed by atoms with E-state index < -0.39 is 5.63 Å². The van der Waals surface area contributed by atoms with Crippen molar-refractivity contribution in [3.63, 3.8) is 0 Å². The summed E-state index contributed by atoms with van der Waals surface area (Å²) in [6.07, 6.45) is 0. The zero-order valence-electron chi connectivity index (χ0n) is 13.2. The van der Waals surface area contributed by atoms with Crippen molar-refractivity contribution >= 4 is 45.1 Å². The van der Waals surface area contributed by atoms with Gasteiger partial charge in [-0.1, -0.05) is 29.8 Å². The van der Waals surface area contributed by atoms with E-state index in [1.165, 1.54) is 0 Å². The van der Waals surface area contributed by atoms with Gasteiger partial charge in [0.15, 0.2) is 0 Å². The second-order valence-electron chi connectivity index (χ2n) is 5.70. The molecule has 0 saturated carbocycles. The summed E-state index contributed by atoms with van der Waals surface area (Å²) in [4.78, 5) is 24.9. The normalized spacial score (nSPS) is 11.1. The molecule has 25 heavy (non-hydrogen) atoms. The maximum Gasteiger partial charge on any atom is 0.345 e. The van der Waals surface area contributed by atoms with Gasteiger partial charge in [0, 0.05) is 23.1 Å². The number of halogens is 1. The van der Waals surface area contributed by atoms with E-state index in [2.05, 4.69) is 5.32 Å². The second-order valence-corrected chi connectivity index (χ2v) is 6.14. The molecule has 0 fully saturated rings. The van der Waals surface area contributed by atoms with Gasteiger partial charge in [0.25, 0.3) is 5.91 Å². The number of carbonyl (C=O) groups is 1. The molecule has 1 amide bonds. The summed E-state index contributed by atoms with van der Waals surface area (Å²) in [5, 5.41) is 4.47. The van der Waals surface area contributed by atoms with E-state index >= 15 is 0 Å². The largest absolute Gasteiger partial charge is 0.422 e. The summed E-state index contributed by atoms with van der Waals surface area (Å²) < 4.78 is 7.04. The maximum absolute atomic E-state index is 12.7. The maximum atomic E-state index is 12.7. The molecule has 2 aromatic heterocycles. The van der Waals surface area contributed by atoms with Crippen LogP contribution in [0.5, 0.6) is 0 Å². The molecule has 0 radical (unpaired) electrons. The molecule has 1 N–H and O–H groups in total. The molecule has 0 aliphatic carbocycles. The average Bonchev–Trinajstić information content (AvgIpc) is 2.94. The number of benzene rings is 2. The van der Waals surface area contributed by atoms with E-state index in [0.29, 0.717) is 32.9 Å². The lowest BCUT2D eigenvalue weighted by atomic mass is 10.2. The fourth-order valence-corrected chi connectivity index (χ4v) is 3.16. The summed E-state index contributed by atoms with van der Waals surface area (Å²) in [5.74, 6) is -0.329. The third kappa shape index (κ3) is 2.58. The number of rotatable bonds is 2. The van der Waals surface area contributed by atoms with Crippen LogP contribution in [0, 0.1) is 0 Å². The van der Waals surface area contributed by atoms with Crippen LogP contribution in [0.15, 0.2) is 63.8 Å². The highest BCUT2D eigenvalue weighted by Crippen LogP contribution is 2.25. The topological polar surface area (TPSA) is 64.2 Å². The van der Waals surface area contributed by atoms with Crippen molar-refractivity contribution < 1.29 is 9.21 Å². The van der Waals surface area contributed by atoms with Crippen molar-refractivity contribution in [1.29, 1.82) is 0 Å². The third-order valence-corrected chi connectivity index (χ3v) is 4.35. The van der Waals surface area contributed by atoms with Crippen molar-refractivity contribution in [2.45, 2.75) is 0 Å². The molecule has 0 bridgehead atoms. The number of fused-ring (bicyclic) bond motifs is 3. The molecule has 4 rings (SSSR count). The third-order valence-electron chi connectivity index (χ3n) is 4.11. The monoisotopic (exact) mass is 352 g/mol. The quantitative estimate of drug-likeness (QED) is 0.550. The van der Waals surface area contributed by atoms with E-state index in [1.54, 1.807) is 54.1 Å².